The SMILES string of the molecule is Cn1c(-c2cccs2)nc2c3ccccc3c3ccccc3c21. The number of benzene rings is 3. The van der Waals surface area contributed by atoms with Crippen molar-refractivity contribution in [2.24, 2.45) is 7.05 Å². The third-order valence-electron chi connectivity index (χ3n) is 4.49. The molecule has 23 heavy (non-hydrogen) atoms. The second-order valence-electron chi connectivity index (χ2n) is 5.76. The van der Waals surface area contributed by atoms with Gasteiger partial charge in [-0.2, -0.15) is 0 Å². The van der Waals surface area contributed by atoms with Crippen molar-refractivity contribution in [2.45, 2.75) is 0 Å². The van der Waals surface area contributed by atoms with Crippen LogP contribution >= 0.6 is 11.3 Å². The van der Waals surface area contributed by atoms with Crippen LogP contribution in [0.15, 0.2) is 66.0 Å². The molecular weight excluding hydrogens is 300 g/mol. The average Bonchev–Trinajstić information content (AvgIpc) is 3.23. The first-order chi connectivity index (χ1) is 11.3. The number of aryl methyl sites for hydroxylation is 1. The molecule has 0 aliphatic heterocycles. The molecule has 0 bridgehead atoms. The molecule has 0 N–H and O–H groups in total. The van der Waals surface area contributed by atoms with Gasteiger partial charge in [-0.1, -0.05) is 54.6 Å². The number of hydrogen-bond acceptors (Lipinski definition) is 2. The predicted molar refractivity (Wildman–Crippen MR) is 99.0 cm³/mol. The molecule has 0 aliphatic carbocycles. The van der Waals surface area contributed by atoms with Crippen LogP contribution in [0.2, 0.25) is 0 Å². The minimum atomic E-state index is 1.04. The van der Waals surface area contributed by atoms with Gasteiger partial charge in [0.1, 0.15) is 0 Å². The minimum Gasteiger partial charge on any atom is -0.326 e. The van der Waals surface area contributed by atoms with E-state index in [1.807, 2.05) is 0 Å². The quantitative estimate of drug-likeness (QED) is 0.368. The molecule has 3 heteroatoms. The summed E-state index contributed by atoms with van der Waals surface area (Å²) in [4.78, 5) is 6.21. The Morgan fingerprint density at radius 3 is 2.13 bits per heavy atom. The second-order valence-corrected chi connectivity index (χ2v) is 6.71. The summed E-state index contributed by atoms with van der Waals surface area (Å²) in [5.41, 5.74) is 2.30. The van der Waals surface area contributed by atoms with E-state index in [1.54, 1.807) is 11.3 Å². The summed E-state index contributed by atoms with van der Waals surface area (Å²) < 4.78 is 2.23. The maximum absolute atomic E-state index is 5.01. The van der Waals surface area contributed by atoms with Crippen molar-refractivity contribution in [1.82, 2.24) is 9.55 Å². The number of hydrogen-bond donors (Lipinski definition) is 0. The number of imidazole rings is 1. The lowest BCUT2D eigenvalue weighted by Crippen LogP contribution is -1.91. The van der Waals surface area contributed by atoms with E-state index >= 15 is 0 Å². The molecule has 0 spiro atoms. The molecular formula is C20H14N2S. The van der Waals surface area contributed by atoms with Crippen molar-refractivity contribution in [3.63, 3.8) is 0 Å². The van der Waals surface area contributed by atoms with Gasteiger partial charge in [0.2, 0.25) is 0 Å². The summed E-state index contributed by atoms with van der Waals surface area (Å²) in [5, 5.41) is 7.15. The molecule has 0 radical (unpaired) electrons. The maximum atomic E-state index is 5.01. The molecule has 110 valence electrons. The molecule has 0 fully saturated rings. The summed E-state index contributed by atoms with van der Waals surface area (Å²) >= 11 is 1.73. The lowest BCUT2D eigenvalue weighted by atomic mass is 10.00. The highest BCUT2D eigenvalue weighted by atomic mass is 32.1. The molecule has 0 amide bonds. The summed E-state index contributed by atoms with van der Waals surface area (Å²) in [7, 11) is 2.12. The second kappa shape index (κ2) is 4.67. The van der Waals surface area contributed by atoms with E-state index in [4.69, 9.17) is 4.98 Å². The molecule has 2 heterocycles. The van der Waals surface area contributed by atoms with Gasteiger partial charge in [0.15, 0.2) is 5.82 Å². The fourth-order valence-electron chi connectivity index (χ4n) is 3.47. The lowest BCUT2D eigenvalue weighted by Gasteiger charge is -2.07. The molecule has 0 unspecified atom stereocenters. The molecule has 0 saturated heterocycles. The largest absolute Gasteiger partial charge is 0.326 e. The monoisotopic (exact) mass is 314 g/mol. The van der Waals surface area contributed by atoms with E-state index in [0.717, 1.165) is 11.3 Å². The molecule has 5 rings (SSSR count). The van der Waals surface area contributed by atoms with Crippen LogP contribution in [0, 0.1) is 0 Å². The molecule has 2 nitrogen and oxygen atoms in total. The Bertz CT molecular complexity index is 1170. The molecule has 0 atom stereocenters. The summed E-state index contributed by atoms with van der Waals surface area (Å²) in [6, 6.07) is 21.4. The van der Waals surface area contributed by atoms with Gasteiger partial charge in [-0.05, 0) is 22.2 Å². The minimum absolute atomic E-state index is 1.04. The normalized spacial score (nSPS) is 11.7. The van der Waals surface area contributed by atoms with E-state index < -0.39 is 0 Å². The first-order valence-electron chi connectivity index (χ1n) is 7.64. The third-order valence-corrected chi connectivity index (χ3v) is 5.36. The van der Waals surface area contributed by atoms with Gasteiger partial charge < -0.3 is 4.57 Å². The highest BCUT2D eigenvalue weighted by Gasteiger charge is 2.16. The zero-order chi connectivity index (χ0) is 15.4. The number of aromatic nitrogens is 2. The zero-order valence-electron chi connectivity index (χ0n) is 12.7. The molecule has 0 saturated carbocycles. The van der Waals surface area contributed by atoms with Gasteiger partial charge in [-0.3, -0.25) is 0 Å². The Labute approximate surface area is 137 Å². The number of thiophene rings is 1. The Morgan fingerprint density at radius 1 is 0.783 bits per heavy atom. The fraction of sp³-hybridized carbons (Fsp3) is 0.0500. The standard InChI is InChI=1S/C20H14N2S/c1-22-19-16-10-5-3-8-14(16)13-7-2-4-9-15(13)18(19)21-20(22)17-11-6-12-23-17/h2-12H,1H3. The fourth-order valence-corrected chi connectivity index (χ4v) is 4.22. The molecule has 5 aromatic rings. The first kappa shape index (κ1) is 12.9. The lowest BCUT2D eigenvalue weighted by molar-refractivity contribution is 0.966. The van der Waals surface area contributed by atoms with Crippen LogP contribution < -0.4 is 0 Å². The molecule has 3 aromatic carbocycles. The van der Waals surface area contributed by atoms with Crippen LogP contribution in [0.5, 0.6) is 0 Å². The Balaban J connectivity index is 2.08. The van der Waals surface area contributed by atoms with E-state index in [1.165, 1.54) is 31.9 Å². The third kappa shape index (κ3) is 1.71. The van der Waals surface area contributed by atoms with Crippen LogP contribution in [0.25, 0.3) is 43.3 Å². The van der Waals surface area contributed by atoms with Gasteiger partial charge in [-0.15, -0.1) is 11.3 Å². The van der Waals surface area contributed by atoms with Crippen molar-refractivity contribution in [3.8, 4) is 10.7 Å². The smallest absolute Gasteiger partial charge is 0.151 e. The van der Waals surface area contributed by atoms with Crippen molar-refractivity contribution < 1.29 is 0 Å². The van der Waals surface area contributed by atoms with Crippen molar-refractivity contribution >= 4 is 43.9 Å². The van der Waals surface area contributed by atoms with E-state index in [2.05, 4.69) is 77.7 Å². The molecule has 0 aliphatic rings. The highest BCUT2D eigenvalue weighted by molar-refractivity contribution is 7.13. The van der Waals surface area contributed by atoms with Gasteiger partial charge in [0.05, 0.1) is 15.9 Å². The first-order valence-corrected chi connectivity index (χ1v) is 8.52. The predicted octanol–water partition coefficient (Wildman–Crippen LogP) is 5.61. The van der Waals surface area contributed by atoms with E-state index in [-0.39, 0.29) is 0 Å². The number of rotatable bonds is 1. The Kier molecular flexibility index (Phi) is 2.61. The van der Waals surface area contributed by atoms with Crippen molar-refractivity contribution in [2.75, 3.05) is 0 Å². The highest BCUT2D eigenvalue weighted by Crippen LogP contribution is 2.37. The summed E-state index contributed by atoms with van der Waals surface area (Å²) in [6.07, 6.45) is 0. The summed E-state index contributed by atoms with van der Waals surface area (Å²) in [6.45, 7) is 0. The van der Waals surface area contributed by atoms with Crippen LogP contribution in [0.4, 0.5) is 0 Å². The van der Waals surface area contributed by atoms with Gasteiger partial charge in [0.25, 0.3) is 0 Å². The van der Waals surface area contributed by atoms with E-state index in [9.17, 15) is 0 Å². The van der Waals surface area contributed by atoms with Crippen molar-refractivity contribution in [3.05, 3.63) is 66.0 Å². The number of fused-ring (bicyclic) bond motifs is 6. The topological polar surface area (TPSA) is 17.8 Å². The maximum Gasteiger partial charge on any atom is 0.151 e. The van der Waals surface area contributed by atoms with Gasteiger partial charge >= 0.3 is 0 Å². The van der Waals surface area contributed by atoms with Gasteiger partial charge in [-0.25, -0.2) is 4.98 Å². The van der Waals surface area contributed by atoms with Crippen molar-refractivity contribution in [1.29, 1.82) is 0 Å². The van der Waals surface area contributed by atoms with E-state index in [0.29, 0.717) is 0 Å². The Morgan fingerprint density at radius 2 is 1.43 bits per heavy atom. The van der Waals surface area contributed by atoms with Crippen LogP contribution in [-0.2, 0) is 7.05 Å². The van der Waals surface area contributed by atoms with Crippen LogP contribution in [0.1, 0.15) is 0 Å². The van der Waals surface area contributed by atoms with Crippen LogP contribution in [-0.4, -0.2) is 9.55 Å². The zero-order valence-corrected chi connectivity index (χ0v) is 13.5. The summed E-state index contributed by atoms with van der Waals surface area (Å²) in [5.74, 6) is 1.04. The van der Waals surface area contributed by atoms with Crippen LogP contribution in [0.3, 0.4) is 0 Å². The Hall–Kier alpha value is -2.65. The molecule has 2 aromatic heterocycles. The number of nitrogens with zero attached hydrogens (tertiary/aromatic N) is 2. The average molecular weight is 314 g/mol. The van der Waals surface area contributed by atoms with Gasteiger partial charge in [0, 0.05) is 17.8 Å².